The van der Waals surface area contributed by atoms with Crippen molar-refractivity contribution < 1.29 is 4.79 Å². The first-order valence-corrected chi connectivity index (χ1v) is 11.0. The number of amides is 1. The zero-order valence-electron chi connectivity index (χ0n) is 17.0. The van der Waals surface area contributed by atoms with E-state index in [-0.39, 0.29) is 17.7 Å². The van der Waals surface area contributed by atoms with Gasteiger partial charge in [-0.05, 0) is 5.56 Å². The topological polar surface area (TPSA) is 81.3 Å². The molecule has 1 amide bonds. The zero-order valence-corrected chi connectivity index (χ0v) is 17.8. The van der Waals surface area contributed by atoms with Crippen molar-refractivity contribution in [3.63, 3.8) is 0 Å². The van der Waals surface area contributed by atoms with E-state index >= 15 is 0 Å². The van der Waals surface area contributed by atoms with Crippen LogP contribution in [0, 0.1) is 0 Å². The summed E-state index contributed by atoms with van der Waals surface area (Å²) < 4.78 is 3.25. The van der Waals surface area contributed by atoms with Gasteiger partial charge in [-0.25, -0.2) is 4.98 Å². The van der Waals surface area contributed by atoms with Crippen molar-refractivity contribution in [2.24, 2.45) is 0 Å². The van der Waals surface area contributed by atoms with E-state index in [0.29, 0.717) is 11.5 Å². The lowest BCUT2D eigenvalue weighted by atomic mass is 10.1. The maximum atomic E-state index is 12.8. The molecule has 0 saturated carbocycles. The van der Waals surface area contributed by atoms with Crippen LogP contribution in [0.25, 0.3) is 16.2 Å². The fraction of sp³-hybridized carbons (Fsp3) is 0.0833. The first-order chi connectivity index (χ1) is 15.7. The predicted octanol–water partition coefficient (Wildman–Crippen LogP) is 3.60. The summed E-state index contributed by atoms with van der Waals surface area (Å²) >= 11 is 1.34. The highest BCUT2D eigenvalue weighted by Gasteiger charge is 2.16. The van der Waals surface area contributed by atoms with Crippen LogP contribution in [0.15, 0.2) is 89.4 Å². The van der Waals surface area contributed by atoms with Crippen LogP contribution in [0.1, 0.15) is 21.5 Å². The molecule has 0 fully saturated rings. The molecule has 0 atom stereocenters. The molecule has 0 aliphatic rings. The molecule has 0 unspecified atom stereocenters. The number of benzene rings is 2. The Kier molecular flexibility index (Phi) is 5.35. The second-order valence-electron chi connectivity index (χ2n) is 7.27. The molecule has 0 bridgehead atoms. The molecular formula is C24H19N5O2S. The maximum Gasteiger partial charge on any atom is 0.271 e. The quantitative estimate of drug-likeness (QED) is 0.437. The molecule has 0 aliphatic carbocycles. The van der Waals surface area contributed by atoms with Gasteiger partial charge in [0.25, 0.3) is 11.5 Å². The van der Waals surface area contributed by atoms with Crippen LogP contribution in [-0.4, -0.2) is 25.1 Å². The number of rotatable bonds is 6. The number of hydrogen-bond acceptors (Lipinski definition) is 5. The van der Waals surface area contributed by atoms with E-state index in [4.69, 9.17) is 5.10 Å². The number of nitrogens with one attached hydrogen (secondary N) is 1. The fourth-order valence-corrected chi connectivity index (χ4v) is 4.21. The van der Waals surface area contributed by atoms with Crippen LogP contribution in [-0.2, 0) is 13.1 Å². The molecule has 3 aromatic heterocycles. The van der Waals surface area contributed by atoms with E-state index in [9.17, 15) is 9.59 Å². The van der Waals surface area contributed by atoms with Crippen LogP contribution in [0.4, 0.5) is 0 Å². The molecular weight excluding hydrogens is 422 g/mol. The average molecular weight is 442 g/mol. The van der Waals surface area contributed by atoms with Gasteiger partial charge in [0.15, 0.2) is 4.96 Å². The minimum atomic E-state index is -0.460. The average Bonchev–Trinajstić information content (AvgIpc) is 3.46. The summed E-state index contributed by atoms with van der Waals surface area (Å²) in [7, 11) is 0. The van der Waals surface area contributed by atoms with Gasteiger partial charge in [0, 0.05) is 41.6 Å². The summed E-state index contributed by atoms with van der Waals surface area (Å²) in [5.41, 5.74) is 3.39. The van der Waals surface area contributed by atoms with E-state index in [1.807, 2.05) is 71.5 Å². The standard InChI is InChI=1S/C24H19N5O2S/c30-22(20-14-26-24-29(23(20)31)11-12-32-24)25-13-19-16-28(15-17-7-3-1-4-8-17)27-21(19)18-9-5-2-6-10-18/h1-12,14,16H,13,15H2,(H,25,30). The normalized spacial score (nSPS) is 11.0. The number of hydrogen-bond donors (Lipinski definition) is 1. The van der Waals surface area contributed by atoms with Crippen molar-refractivity contribution in [1.82, 2.24) is 24.5 Å². The van der Waals surface area contributed by atoms with Crippen LogP contribution >= 0.6 is 11.3 Å². The highest BCUT2D eigenvalue weighted by Crippen LogP contribution is 2.22. The Hall–Kier alpha value is -4.04. The molecule has 3 heterocycles. The predicted molar refractivity (Wildman–Crippen MR) is 124 cm³/mol. The van der Waals surface area contributed by atoms with Crippen molar-refractivity contribution in [3.8, 4) is 11.3 Å². The van der Waals surface area contributed by atoms with Gasteiger partial charge >= 0.3 is 0 Å². The molecule has 0 spiro atoms. The highest BCUT2D eigenvalue weighted by molar-refractivity contribution is 7.15. The first-order valence-electron chi connectivity index (χ1n) is 10.1. The molecule has 5 rings (SSSR count). The largest absolute Gasteiger partial charge is 0.348 e. The Labute approximate surface area is 187 Å². The van der Waals surface area contributed by atoms with Crippen molar-refractivity contribution in [3.05, 3.63) is 112 Å². The summed E-state index contributed by atoms with van der Waals surface area (Å²) in [6.07, 6.45) is 4.89. The van der Waals surface area contributed by atoms with E-state index in [1.54, 1.807) is 11.6 Å². The van der Waals surface area contributed by atoms with Gasteiger partial charge in [-0.15, -0.1) is 11.3 Å². The fourth-order valence-electron chi connectivity index (χ4n) is 3.53. The summed E-state index contributed by atoms with van der Waals surface area (Å²) in [4.78, 5) is 30.1. The van der Waals surface area contributed by atoms with Gasteiger partial charge in [0.05, 0.1) is 12.2 Å². The number of thiazole rings is 1. The number of carbonyl (C=O) groups is 1. The second kappa shape index (κ2) is 8.60. The smallest absolute Gasteiger partial charge is 0.271 e. The van der Waals surface area contributed by atoms with Crippen LogP contribution in [0.3, 0.4) is 0 Å². The first kappa shape index (κ1) is 19.9. The molecule has 0 aliphatic heterocycles. The minimum absolute atomic E-state index is 0.0128. The van der Waals surface area contributed by atoms with Gasteiger partial charge in [0.2, 0.25) is 0 Å². The molecule has 7 nitrogen and oxygen atoms in total. The molecule has 1 N–H and O–H groups in total. The van der Waals surface area contributed by atoms with Gasteiger partial charge in [-0.1, -0.05) is 60.7 Å². The number of nitrogens with zero attached hydrogens (tertiary/aromatic N) is 4. The van der Waals surface area contributed by atoms with Crippen molar-refractivity contribution in [1.29, 1.82) is 0 Å². The lowest BCUT2D eigenvalue weighted by Gasteiger charge is -2.05. The molecule has 2 aromatic carbocycles. The molecule has 0 radical (unpaired) electrons. The van der Waals surface area contributed by atoms with Crippen molar-refractivity contribution in [2.45, 2.75) is 13.1 Å². The second-order valence-corrected chi connectivity index (χ2v) is 8.14. The number of fused-ring (bicyclic) bond motifs is 1. The van der Waals surface area contributed by atoms with Crippen molar-refractivity contribution in [2.75, 3.05) is 0 Å². The molecule has 8 heteroatoms. The van der Waals surface area contributed by atoms with Gasteiger partial charge in [0.1, 0.15) is 5.56 Å². The lowest BCUT2D eigenvalue weighted by Crippen LogP contribution is -2.30. The summed E-state index contributed by atoms with van der Waals surface area (Å²) in [6, 6.07) is 19.9. The molecule has 0 saturated heterocycles. The zero-order chi connectivity index (χ0) is 21.9. The number of carbonyl (C=O) groups excluding carboxylic acids is 1. The minimum Gasteiger partial charge on any atom is -0.348 e. The lowest BCUT2D eigenvalue weighted by molar-refractivity contribution is 0.0949. The number of aromatic nitrogens is 4. The summed E-state index contributed by atoms with van der Waals surface area (Å²) in [6.45, 7) is 0.859. The Balaban J connectivity index is 1.42. The Bertz CT molecular complexity index is 1440. The highest BCUT2D eigenvalue weighted by atomic mass is 32.1. The van der Waals surface area contributed by atoms with E-state index in [0.717, 1.165) is 22.4 Å². The summed E-state index contributed by atoms with van der Waals surface area (Å²) in [5, 5.41) is 9.39. The Morgan fingerprint density at radius 1 is 1.03 bits per heavy atom. The maximum absolute atomic E-state index is 12.8. The monoisotopic (exact) mass is 441 g/mol. The molecule has 32 heavy (non-hydrogen) atoms. The van der Waals surface area contributed by atoms with Crippen LogP contribution in [0.2, 0.25) is 0 Å². The third-order valence-corrected chi connectivity index (χ3v) is 5.87. The Morgan fingerprint density at radius 3 is 2.56 bits per heavy atom. The van der Waals surface area contributed by atoms with Crippen LogP contribution < -0.4 is 10.9 Å². The third-order valence-electron chi connectivity index (χ3n) is 5.10. The van der Waals surface area contributed by atoms with E-state index in [2.05, 4.69) is 10.3 Å². The third kappa shape index (κ3) is 3.95. The SMILES string of the molecule is O=C(NCc1cn(Cc2ccccc2)nc1-c1ccccc1)c1cnc2sccn2c1=O. The van der Waals surface area contributed by atoms with Gasteiger partial charge < -0.3 is 5.32 Å². The van der Waals surface area contributed by atoms with Gasteiger partial charge in [-0.2, -0.15) is 5.10 Å². The summed E-state index contributed by atoms with van der Waals surface area (Å²) in [5.74, 6) is -0.460. The van der Waals surface area contributed by atoms with E-state index in [1.165, 1.54) is 21.9 Å². The van der Waals surface area contributed by atoms with Crippen molar-refractivity contribution >= 4 is 22.2 Å². The molecule has 5 aromatic rings. The van der Waals surface area contributed by atoms with E-state index < -0.39 is 5.91 Å². The van der Waals surface area contributed by atoms with Gasteiger partial charge in [-0.3, -0.25) is 18.7 Å². The van der Waals surface area contributed by atoms with Crippen LogP contribution in [0.5, 0.6) is 0 Å². The Morgan fingerprint density at radius 2 is 1.78 bits per heavy atom. The molecule has 158 valence electrons.